The molecular weight excluding hydrogens is 1120 g/mol. The second-order valence-electron chi connectivity index (χ2n) is 21.4. The van der Waals surface area contributed by atoms with Crippen LogP contribution in [-0.2, 0) is 33.6 Å². The van der Waals surface area contributed by atoms with Crippen LogP contribution in [0, 0.1) is 5.92 Å². The van der Waals surface area contributed by atoms with Gasteiger partial charge in [-0.3, -0.25) is 38.4 Å². The van der Waals surface area contributed by atoms with E-state index in [9.17, 15) is 89.4 Å². The molecule has 4 heterocycles. The first kappa shape index (κ1) is 64.3. The third-order valence-electron chi connectivity index (χ3n) is 15.0. The number of phenolic OH excluding ortho intramolecular Hbond substituents is 2. The number of aromatic nitrogens is 1. The molecule has 0 radical (unpaired) electrons. The van der Waals surface area contributed by atoms with Crippen LogP contribution in [0.15, 0.2) is 77.3 Å². The van der Waals surface area contributed by atoms with Gasteiger partial charge in [-0.15, -0.1) is 0 Å². The van der Waals surface area contributed by atoms with Gasteiger partial charge in [0.15, 0.2) is 23.5 Å². The number of aliphatic hydroxyl groups is 8. The van der Waals surface area contributed by atoms with Crippen molar-refractivity contribution in [1.82, 2.24) is 41.5 Å². The van der Waals surface area contributed by atoms with Crippen molar-refractivity contribution in [2.75, 3.05) is 19.7 Å². The summed E-state index contributed by atoms with van der Waals surface area (Å²) in [5.74, 6) is -11.8. The van der Waals surface area contributed by atoms with Crippen LogP contribution >= 0.6 is 0 Å². The van der Waals surface area contributed by atoms with E-state index in [2.05, 4.69) is 33.3 Å². The van der Waals surface area contributed by atoms with Crippen LogP contribution in [-0.4, -0.2) is 212 Å². The van der Waals surface area contributed by atoms with Crippen LogP contribution < -0.4 is 37.1 Å². The molecule has 4 aromatic rings. The second kappa shape index (κ2) is 28.1. The summed E-state index contributed by atoms with van der Waals surface area (Å²) in [5, 5.41) is 126. The number of aromatic hydroxyl groups is 2. The maximum atomic E-state index is 14.6. The van der Waals surface area contributed by atoms with E-state index in [-0.39, 0.29) is 11.1 Å². The summed E-state index contributed by atoms with van der Waals surface area (Å²) in [6.45, 7) is 3.93. The molecule has 0 bridgehead atoms. The largest absolute Gasteiger partial charge is 0.504 e. The Kier molecular flexibility index (Phi) is 21.2. The molecule has 7 rings (SSSR count). The Labute approximate surface area is 485 Å². The Morgan fingerprint density at radius 2 is 1.40 bits per heavy atom. The quantitative estimate of drug-likeness (QED) is 0.0384. The average molecular weight is 1190 g/mol. The van der Waals surface area contributed by atoms with Gasteiger partial charge < -0.3 is 102 Å². The summed E-state index contributed by atoms with van der Waals surface area (Å²) in [4.78, 5) is 114. The highest BCUT2D eigenvalue weighted by Crippen LogP contribution is 2.32. The zero-order chi connectivity index (χ0) is 62.1. The molecule has 15 atom stereocenters. The third-order valence-corrected chi connectivity index (χ3v) is 15.0. The highest BCUT2D eigenvalue weighted by atomic mass is 16.5. The lowest BCUT2D eigenvalue weighted by atomic mass is 9.96. The molecule has 17 N–H and O–H groups in total. The van der Waals surface area contributed by atoms with Crippen molar-refractivity contribution in [3.8, 4) is 39.8 Å². The molecule has 3 aliphatic heterocycles. The number of primary amides is 1. The first-order valence-corrected chi connectivity index (χ1v) is 27.5. The normalized spacial score (nSPS) is 27.0. The molecule has 1 unspecified atom stereocenters. The van der Waals surface area contributed by atoms with Crippen LogP contribution in [0.5, 0.6) is 17.2 Å². The van der Waals surface area contributed by atoms with E-state index in [4.69, 9.17) is 15.0 Å². The number of aliphatic hydroxyl groups excluding tert-OH is 8. The summed E-state index contributed by atoms with van der Waals surface area (Å²) in [6.07, 6.45) is -16.4. The molecule has 3 aromatic carbocycles. The van der Waals surface area contributed by atoms with E-state index >= 15 is 0 Å². The smallest absolute Gasteiger partial charge is 0.251 e. The number of phenols is 2. The first-order valence-electron chi connectivity index (χ1n) is 27.5. The Hall–Kier alpha value is -8.29. The standard InChI is InChI=1S/C56H71N9O20/c1-4-5-6-17-84-32-14-11-28(12-15-32)40-21-33(63-85-40)27-7-9-29(10-8-27)49(76)58-34-20-39(71)52(79)62-54(81)45-46(73)25(2)23-65(45)56(83)43(38(70)22-41(57)72)60-53(80)44(48(75)47(74)30-13-16-36(68)37(69)18-30)61-51(78)35-19-31(67)24-64(35)55(82)42(26(3)66)59-50(34)77/h7-16,18,21,25-26,31,34-35,38-39,42-48,52,66-71,73-75,79H,4-6,17,19-20,22-24H2,1-3H3,(H2,57,72)(H,58,76)(H,59,77)(H,60,80)(H,61,78)(H,62,81)/t25-,26+,31+,34?,35-,38+,39+,42-,43-,44-,45-,46-,47-,48-,52+/m0/s1. The van der Waals surface area contributed by atoms with Gasteiger partial charge in [0, 0.05) is 54.6 Å². The van der Waals surface area contributed by atoms with Crippen molar-refractivity contribution in [3.63, 3.8) is 0 Å². The Morgan fingerprint density at radius 1 is 0.753 bits per heavy atom. The number of nitrogens with two attached hydrogens (primary N) is 1. The molecule has 1 aromatic heterocycles. The van der Waals surface area contributed by atoms with Crippen molar-refractivity contribution in [2.45, 2.75) is 145 Å². The minimum Gasteiger partial charge on any atom is -0.504 e. The van der Waals surface area contributed by atoms with E-state index < -0.39 is 182 Å². The number of rotatable bonds is 16. The van der Waals surface area contributed by atoms with Crippen molar-refractivity contribution < 1.29 is 98.7 Å². The van der Waals surface area contributed by atoms with Gasteiger partial charge in [-0.2, -0.15) is 0 Å². The SMILES string of the molecule is CCCCCOc1ccc(-c2cc(-c3ccc(C(=O)NC4C[C@@H](O)[C@@H](O)NC(=O)[C@@H]5[C@@H](O)[C@@H](C)CN5C(=O)[C@H]([C@H](O)CC(N)=O)NC(=O)[C@H]([C@H](O)[C@@H](O)c5ccc(O)c(O)c5)NC(=O)[C@@H]5C[C@@H](O)CN5C(=O)[C@H]([C@@H](C)O)NC4=O)cc3)no2)cc1. The summed E-state index contributed by atoms with van der Waals surface area (Å²) in [6, 6.07) is 4.67. The van der Waals surface area contributed by atoms with E-state index in [0.29, 0.717) is 44.7 Å². The number of unbranched alkanes of at least 4 members (excludes halogenated alkanes) is 2. The number of nitrogens with zero attached hydrogens (tertiary/aromatic N) is 3. The molecule has 8 amide bonds. The van der Waals surface area contributed by atoms with Gasteiger partial charge in [-0.1, -0.05) is 50.0 Å². The lowest BCUT2D eigenvalue weighted by Gasteiger charge is -2.34. The summed E-state index contributed by atoms with van der Waals surface area (Å²) in [7, 11) is 0. The Bertz CT molecular complexity index is 3050. The van der Waals surface area contributed by atoms with Gasteiger partial charge in [0.05, 0.1) is 37.4 Å². The predicted octanol–water partition coefficient (Wildman–Crippen LogP) is -3.38. The number of hydrogen-bond acceptors (Lipinski definition) is 21. The van der Waals surface area contributed by atoms with Crippen molar-refractivity contribution >= 4 is 47.3 Å². The highest BCUT2D eigenvalue weighted by molar-refractivity contribution is 6.00. The first-order chi connectivity index (χ1) is 40.3. The fraction of sp³-hybridized carbons (Fsp3) is 0.482. The fourth-order valence-electron chi connectivity index (χ4n) is 10.2. The number of carbonyl (C=O) groups is 8. The van der Waals surface area contributed by atoms with Gasteiger partial charge in [-0.05, 0) is 67.4 Å². The number of amides is 8. The van der Waals surface area contributed by atoms with Crippen LogP contribution in [0.4, 0.5) is 0 Å². The van der Waals surface area contributed by atoms with Gasteiger partial charge in [0.25, 0.3) is 5.91 Å². The highest BCUT2D eigenvalue weighted by Gasteiger charge is 2.51. The molecule has 3 fully saturated rings. The number of ether oxygens (including phenoxy) is 1. The number of fused-ring (bicyclic) bond motifs is 2. The minimum absolute atomic E-state index is 0.0815. The van der Waals surface area contributed by atoms with E-state index in [1.165, 1.54) is 31.2 Å². The molecular formula is C56H71N9O20. The topological polar surface area (TPSA) is 467 Å². The molecule has 3 aliphatic rings. The molecule has 29 heteroatoms. The summed E-state index contributed by atoms with van der Waals surface area (Å²) >= 11 is 0. The number of nitrogens with one attached hydrogen (secondary N) is 5. The Morgan fingerprint density at radius 3 is 2.05 bits per heavy atom. The average Bonchev–Trinajstić information content (AvgIpc) is 2.47. The summed E-state index contributed by atoms with van der Waals surface area (Å²) in [5.41, 5.74) is 6.48. The van der Waals surface area contributed by atoms with Crippen molar-refractivity contribution in [3.05, 3.63) is 83.9 Å². The van der Waals surface area contributed by atoms with Gasteiger partial charge in [-0.25, -0.2) is 0 Å². The van der Waals surface area contributed by atoms with Crippen LogP contribution in [0.25, 0.3) is 22.6 Å². The van der Waals surface area contributed by atoms with E-state index in [1.54, 1.807) is 18.2 Å². The van der Waals surface area contributed by atoms with Gasteiger partial charge in [0.2, 0.25) is 41.4 Å². The summed E-state index contributed by atoms with van der Waals surface area (Å²) < 4.78 is 11.4. The Balaban J connectivity index is 1.21. The molecule has 29 nitrogen and oxygen atoms in total. The fourth-order valence-corrected chi connectivity index (χ4v) is 10.2. The number of benzene rings is 3. The monoisotopic (exact) mass is 1190 g/mol. The minimum atomic E-state index is -2.51. The van der Waals surface area contributed by atoms with Gasteiger partial charge in [0.1, 0.15) is 66.0 Å². The van der Waals surface area contributed by atoms with Gasteiger partial charge >= 0.3 is 0 Å². The lowest BCUT2D eigenvalue weighted by Crippen LogP contribution is -2.64. The zero-order valence-electron chi connectivity index (χ0n) is 46.4. The molecule has 85 heavy (non-hydrogen) atoms. The van der Waals surface area contributed by atoms with Crippen molar-refractivity contribution in [2.24, 2.45) is 11.7 Å². The molecule has 0 aliphatic carbocycles. The third kappa shape index (κ3) is 15.3. The van der Waals surface area contributed by atoms with Crippen LogP contribution in [0.3, 0.4) is 0 Å². The predicted molar refractivity (Wildman–Crippen MR) is 293 cm³/mol. The molecule has 460 valence electrons. The molecule has 0 saturated carbocycles. The maximum Gasteiger partial charge on any atom is 0.251 e. The maximum absolute atomic E-state index is 14.6. The van der Waals surface area contributed by atoms with Crippen molar-refractivity contribution in [1.29, 1.82) is 0 Å². The zero-order valence-corrected chi connectivity index (χ0v) is 46.4. The number of carbonyl (C=O) groups excluding carboxylic acids is 8. The van der Waals surface area contributed by atoms with Crippen LogP contribution in [0.1, 0.15) is 81.3 Å². The van der Waals surface area contributed by atoms with E-state index in [0.717, 1.165) is 44.4 Å². The number of hydrogen-bond donors (Lipinski definition) is 16. The molecule has 3 saturated heterocycles. The lowest BCUT2D eigenvalue weighted by molar-refractivity contribution is -0.149. The van der Waals surface area contributed by atoms with Crippen LogP contribution in [0.2, 0.25) is 0 Å². The second-order valence-corrected chi connectivity index (χ2v) is 21.4. The van der Waals surface area contributed by atoms with E-state index in [1.807, 2.05) is 17.4 Å². The molecule has 0 spiro atoms.